The summed E-state index contributed by atoms with van der Waals surface area (Å²) in [6, 6.07) is 5.92. The lowest BCUT2D eigenvalue weighted by molar-refractivity contribution is -0.111. The third-order valence-electron chi connectivity index (χ3n) is 4.12. The maximum Gasteiger partial charge on any atom is 0.301 e. The first-order valence-corrected chi connectivity index (χ1v) is 8.61. The quantitative estimate of drug-likeness (QED) is 0.632. The molecule has 0 fully saturated rings. The van der Waals surface area contributed by atoms with Gasteiger partial charge in [0.05, 0.1) is 6.20 Å². The highest BCUT2D eigenvalue weighted by Crippen LogP contribution is 2.35. The molecule has 30 heavy (non-hydrogen) atoms. The highest BCUT2D eigenvalue weighted by molar-refractivity contribution is 6.03. The SMILES string of the molecule is C#CC(=O)Nc1cc(-c2cc(NC)c(=O)n(C)c2)c(Oc2ccc(F)cc2F)cn1. The minimum absolute atomic E-state index is 0.111. The van der Waals surface area contributed by atoms with Crippen LogP contribution in [-0.2, 0) is 11.8 Å². The Labute approximate surface area is 170 Å². The fraction of sp³-hybridized carbons (Fsp3) is 0.0952. The fourth-order valence-electron chi connectivity index (χ4n) is 2.69. The molecule has 0 atom stereocenters. The molecule has 1 amide bonds. The zero-order valence-electron chi connectivity index (χ0n) is 16.0. The fourth-order valence-corrected chi connectivity index (χ4v) is 2.69. The number of nitrogens with zero attached hydrogens (tertiary/aromatic N) is 2. The number of halogens is 2. The Hall–Kier alpha value is -4.19. The molecule has 0 bridgehead atoms. The molecule has 0 saturated carbocycles. The van der Waals surface area contributed by atoms with Crippen LogP contribution in [0.1, 0.15) is 0 Å². The standard InChI is InChI=1S/C21H16F2N4O3/c1-4-20(28)26-19-9-14(12-7-16(24-2)21(29)27(3)11-12)18(10-25-19)30-17-6-5-13(22)8-15(17)23/h1,5-11,24H,2-3H3,(H,25,26,28). The largest absolute Gasteiger partial charge is 0.452 e. The monoisotopic (exact) mass is 410 g/mol. The average Bonchev–Trinajstić information content (AvgIpc) is 2.72. The topological polar surface area (TPSA) is 85.2 Å². The van der Waals surface area contributed by atoms with Gasteiger partial charge in [-0.15, -0.1) is 6.42 Å². The molecule has 2 N–H and O–H groups in total. The number of pyridine rings is 2. The molecule has 152 valence electrons. The second-order valence-electron chi connectivity index (χ2n) is 6.15. The maximum absolute atomic E-state index is 14.1. The molecule has 3 aromatic rings. The molecule has 0 aliphatic rings. The van der Waals surface area contributed by atoms with E-state index < -0.39 is 17.5 Å². The van der Waals surface area contributed by atoms with E-state index >= 15 is 0 Å². The smallest absolute Gasteiger partial charge is 0.301 e. The predicted octanol–water partition coefficient (Wildman–Crippen LogP) is 3.13. The number of benzene rings is 1. The molecule has 9 heteroatoms. The highest BCUT2D eigenvalue weighted by atomic mass is 19.1. The van der Waals surface area contributed by atoms with E-state index in [2.05, 4.69) is 15.6 Å². The van der Waals surface area contributed by atoms with Crippen LogP contribution in [-0.4, -0.2) is 22.5 Å². The lowest BCUT2D eigenvalue weighted by Gasteiger charge is -2.15. The number of carbonyl (C=O) groups excluding carboxylic acids is 1. The van der Waals surface area contributed by atoms with E-state index in [0.29, 0.717) is 22.9 Å². The van der Waals surface area contributed by atoms with Crippen LogP contribution in [0.3, 0.4) is 0 Å². The molecule has 0 aliphatic heterocycles. The van der Waals surface area contributed by atoms with Gasteiger partial charge >= 0.3 is 5.91 Å². The third kappa shape index (κ3) is 4.28. The summed E-state index contributed by atoms with van der Waals surface area (Å²) < 4.78 is 34.2. The zero-order valence-corrected chi connectivity index (χ0v) is 16.0. The van der Waals surface area contributed by atoms with Crippen LogP contribution < -0.4 is 20.9 Å². The van der Waals surface area contributed by atoms with E-state index in [4.69, 9.17) is 11.2 Å². The first kappa shape index (κ1) is 20.5. The van der Waals surface area contributed by atoms with Gasteiger partial charge in [-0.2, -0.15) is 0 Å². The van der Waals surface area contributed by atoms with Crippen molar-refractivity contribution in [2.24, 2.45) is 7.05 Å². The van der Waals surface area contributed by atoms with Gasteiger partial charge in [-0.3, -0.25) is 14.9 Å². The van der Waals surface area contributed by atoms with Crippen LogP contribution in [0.2, 0.25) is 0 Å². The summed E-state index contributed by atoms with van der Waals surface area (Å²) in [5, 5.41) is 5.22. The number of rotatable bonds is 5. The summed E-state index contributed by atoms with van der Waals surface area (Å²) >= 11 is 0. The Morgan fingerprint density at radius 2 is 2.00 bits per heavy atom. The molecular formula is C21H16F2N4O3. The van der Waals surface area contributed by atoms with Gasteiger partial charge in [-0.25, -0.2) is 13.8 Å². The second kappa shape index (κ2) is 8.45. The summed E-state index contributed by atoms with van der Waals surface area (Å²) in [4.78, 5) is 27.7. The van der Waals surface area contributed by atoms with Crippen LogP contribution in [0.25, 0.3) is 11.1 Å². The van der Waals surface area contributed by atoms with Crippen molar-refractivity contribution in [3.8, 4) is 35.0 Å². The lowest BCUT2D eigenvalue weighted by Crippen LogP contribution is -2.19. The van der Waals surface area contributed by atoms with E-state index in [0.717, 1.165) is 12.1 Å². The lowest BCUT2D eigenvalue weighted by atomic mass is 10.1. The van der Waals surface area contributed by atoms with Crippen molar-refractivity contribution in [2.45, 2.75) is 0 Å². The van der Waals surface area contributed by atoms with Gasteiger partial charge in [0.15, 0.2) is 17.3 Å². The normalized spacial score (nSPS) is 10.2. The number of anilines is 2. The van der Waals surface area contributed by atoms with Crippen molar-refractivity contribution >= 4 is 17.4 Å². The molecule has 0 unspecified atom stereocenters. The Balaban J connectivity index is 2.15. The Bertz CT molecular complexity index is 1230. The predicted molar refractivity (Wildman–Crippen MR) is 108 cm³/mol. The van der Waals surface area contributed by atoms with Gasteiger partial charge in [0, 0.05) is 37.5 Å². The van der Waals surface area contributed by atoms with E-state index in [1.54, 1.807) is 26.4 Å². The van der Waals surface area contributed by atoms with E-state index in [1.807, 2.05) is 5.92 Å². The Morgan fingerprint density at radius 1 is 1.23 bits per heavy atom. The average molecular weight is 410 g/mol. The number of nitrogens with one attached hydrogen (secondary N) is 2. The third-order valence-corrected chi connectivity index (χ3v) is 4.12. The van der Waals surface area contributed by atoms with Crippen LogP contribution in [0.4, 0.5) is 20.3 Å². The van der Waals surface area contributed by atoms with Gasteiger partial charge in [-0.05, 0) is 30.2 Å². The molecular weight excluding hydrogens is 394 g/mol. The minimum atomic E-state index is -0.901. The number of terminal acetylenes is 1. The zero-order chi connectivity index (χ0) is 21.8. The molecule has 0 spiro atoms. The number of ether oxygens (including phenoxy) is 1. The first-order valence-electron chi connectivity index (χ1n) is 8.61. The van der Waals surface area contributed by atoms with Crippen LogP contribution >= 0.6 is 0 Å². The number of carbonyl (C=O) groups is 1. The van der Waals surface area contributed by atoms with Crippen molar-refractivity contribution in [1.82, 2.24) is 9.55 Å². The van der Waals surface area contributed by atoms with Crippen LogP contribution in [0.5, 0.6) is 11.5 Å². The summed E-state index contributed by atoms with van der Waals surface area (Å²) in [5.41, 5.74) is 0.939. The Morgan fingerprint density at radius 3 is 2.67 bits per heavy atom. The molecule has 0 saturated heterocycles. The summed E-state index contributed by atoms with van der Waals surface area (Å²) in [5.74, 6) is -0.429. The molecule has 2 heterocycles. The number of amides is 1. The molecule has 0 radical (unpaired) electrons. The molecule has 1 aromatic carbocycles. The minimum Gasteiger partial charge on any atom is -0.452 e. The number of hydrogen-bond acceptors (Lipinski definition) is 5. The number of aryl methyl sites for hydroxylation is 1. The van der Waals surface area contributed by atoms with Crippen molar-refractivity contribution in [3.05, 3.63) is 64.7 Å². The summed E-state index contributed by atoms with van der Waals surface area (Å²) in [6.07, 6.45) is 7.87. The van der Waals surface area contributed by atoms with Crippen molar-refractivity contribution in [2.75, 3.05) is 17.7 Å². The van der Waals surface area contributed by atoms with Gasteiger partial charge < -0.3 is 14.6 Å². The van der Waals surface area contributed by atoms with Crippen LogP contribution in [0, 0.1) is 24.0 Å². The molecule has 3 rings (SSSR count). The summed E-state index contributed by atoms with van der Waals surface area (Å²) in [6.45, 7) is 0. The molecule has 0 aliphatic carbocycles. The van der Waals surface area contributed by atoms with Crippen molar-refractivity contribution in [3.63, 3.8) is 0 Å². The van der Waals surface area contributed by atoms with E-state index in [1.165, 1.54) is 16.8 Å². The van der Waals surface area contributed by atoms with Gasteiger partial charge in [0.1, 0.15) is 17.3 Å². The highest BCUT2D eigenvalue weighted by Gasteiger charge is 2.16. The second-order valence-corrected chi connectivity index (χ2v) is 6.15. The Kier molecular flexibility index (Phi) is 5.78. The van der Waals surface area contributed by atoms with Gasteiger partial charge in [0.25, 0.3) is 5.56 Å². The summed E-state index contributed by atoms with van der Waals surface area (Å²) in [7, 11) is 3.16. The number of aromatic nitrogens is 2. The van der Waals surface area contributed by atoms with Crippen molar-refractivity contribution < 1.29 is 18.3 Å². The van der Waals surface area contributed by atoms with Gasteiger partial charge in [-0.1, -0.05) is 0 Å². The van der Waals surface area contributed by atoms with E-state index in [9.17, 15) is 18.4 Å². The molecule has 7 nitrogen and oxygen atoms in total. The van der Waals surface area contributed by atoms with Crippen LogP contribution in [0.15, 0.2) is 47.5 Å². The van der Waals surface area contributed by atoms with Crippen molar-refractivity contribution in [1.29, 1.82) is 0 Å². The number of hydrogen-bond donors (Lipinski definition) is 2. The van der Waals surface area contributed by atoms with E-state index in [-0.39, 0.29) is 22.9 Å². The first-order chi connectivity index (χ1) is 14.3. The maximum atomic E-state index is 14.1. The molecule has 2 aromatic heterocycles. The van der Waals surface area contributed by atoms with Gasteiger partial charge in [0.2, 0.25) is 0 Å².